The Labute approximate surface area is 171 Å². The standard InChI is InChI=1S/C19H26N4O5S/c1-14(2)12-17(21-19(25)28-3)18(24)22-8-10-23(11-9-22)29(26,27)16-6-4-15(13-20)5-7-16/h4-7,14,17H,8-12H2,1-3H3,(H,21,25). The van der Waals surface area contributed by atoms with E-state index in [4.69, 9.17) is 5.26 Å². The van der Waals surface area contributed by atoms with Crippen LogP contribution in [0.2, 0.25) is 0 Å². The van der Waals surface area contributed by atoms with Gasteiger partial charge in [-0.25, -0.2) is 13.2 Å². The Morgan fingerprint density at radius 2 is 1.76 bits per heavy atom. The molecule has 1 fully saturated rings. The maximum absolute atomic E-state index is 12.8. The Kier molecular flexibility index (Phi) is 7.59. The second kappa shape index (κ2) is 9.71. The van der Waals surface area contributed by atoms with Gasteiger partial charge in [0, 0.05) is 26.2 Å². The van der Waals surface area contributed by atoms with E-state index >= 15 is 0 Å². The molecule has 2 amide bonds. The minimum atomic E-state index is -3.70. The lowest BCUT2D eigenvalue weighted by Crippen LogP contribution is -2.56. The van der Waals surface area contributed by atoms with Crippen molar-refractivity contribution in [2.75, 3.05) is 33.3 Å². The first-order valence-electron chi connectivity index (χ1n) is 9.32. The number of hydrogen-bond acceptors (Lipinski definition) is 6. The van der Waals surface area contributed by atoms with Gasteiger partial charge in [-0.2, -0.15) is 9.57 Å². The van der Waals surface area contributed by atoms with E-state index in [1.165, 1.54) is 35.7 Å². The van der Waals surface area contributed by atoms with Crippen molar-refractivity contribution in [3.05, 3.63) is 29.8 Å². The number of ether oxygens (including phenoxy) is 1. The molecule has 1 atom stereocenters. The van der Waals surface area contributed by atoms with Crippen LogP contribution < -0.4 is 5.32 Å². The molecule has 10 heteroatoms. The predicted octanol–water partition coefficient (Wildman–Crippen LogP) is 1.16. The maximum Gasteiger partial charge on any atom is 0.407 e. The average molecular weight is 423 g/mol. The number of nitriles is 1. The number of nitrogens with zero attached hydrogens (tertiary/aromatic N) is 3. The van der Waals surface area contributed by atoms with Gasteiger partial charge in [0.05, 0.1) is 23.6 Å². The lowest BCUT2D eigenvalue weighted by Gasteiger charge is -2.36. The number of alkyl carbamates (subject to hydrolysis) is 1. The number of carbonyl (C=O) groups is 2. The zero-order chi connectivity index (χ0) is 21.6. The molecule has 0 saturated carbocycles. The highest BCUT2D eigenvalue weighted by Gasteiger charge is 2.33. The molecule has 1 aliphatic heterocycles. The molecule has 158 valence electrons. The van der Waals surface area contributed by atoms with Crippen molar-refractivity contribution in [1.29, 1.82) is 5.26 Å². The number of carbonyl (C=O) groups excluding carboxylic acids is 2. The Bertz CT molecular complexity index is 869. The summed E-state index contributed by atoms with van der Waals surface area (Å²) in [5.74, 6) is -0.0707. The third-order valence-corrected chi connectivity index (χ3v) is 6.57. The summed E-state index contributed by atoms with van der Waals surface area (Å²) in [7, 11) is -2.47. The predicted molar refractivity (Wildman–Crippen MR) is 105 cm³/mol. The molecule has 0 aromatic heterocycles. The molecule has 1 aromatic rings. The minimum absolute atomic E-state index is 0.112. The Morgan fingerprint density at radius 1 is 1.17 bits per heavy atom. The average Bonchev–Trinajstić information content (AvgIpc) is 2.72. The molecule has 1 aromatic carbocycles. The van der Waals surface area contributed by atoms with E-state index in [0.29, 0.717) is 12.0 Å². The van der Waals surface area contributed by atoms with Gasteiger partial charge in [0.15, 0.2) is 0 Å². The molecular weight excluding hydrogens is 396 g/mol. The van der Waals surface area contributed by atoms with E-state index in [9.17, 15) is 18.0 Å². The van der Waals surface area contributed by atoms with E-state index in [2.05, 4.69) is 10.1 Å². The van der Waals surface area contributed by atoms with Crippen molar-refractivity contribution in [3.63, 3.8) is 0 Å². The summed E-state index contributed by atoms with van der Waals surface area (Å²) in [5.41, 5.74) is 0.383. The number of methoxy groups -OCH3 is 1. The number of rotatable bonds is 6. The normalized spacial score (nSPS) is 16.2. The molecule has 29 heavy (non-hydrogen) atoms. The van der Waals surface area contributed by atoms with Crippen molar-refractivity contribution in [1.82, 2.24) is 14.5 Å². The molecule has 1 heterocycles. The summed E-state index contributed by atoms with van der Waals surface area (Å²) in [5, 5.41) is 11.4. The van der Waals surface area contributed by atoms with E-state index in [0.717, 1.165) is 0 Å². The van der Waals surface area contributed by atoms with Crippen LogP contribution in [0.1, 0.15) is 25.8 Å². The number of piperazine rings is 1. The SMILES string of the molecule is COC(=O)NC(CC(C)C)C(=O)N1CCN(S(=O)(=O)c2ccc(C#N)cc2)CC1. The number of sulfonamides is 1. The van der Waals surface area contributed by atoms with Gasteiger partial charge >= 0.3 is 6.09 Å². The van der Waals surface area contributed by atoms with Gasteiger partial charge in [-0.05, 0) is 36.6 Å². The molecule has 0 radical (unpaired) electrons. The zero-order valence-electron chi connectivity index (χ0n) is 16.8. The fourth-order valence-corrected chi connectivity index (χ4v) is 4.54. The Balaban J connectivity index is 2.04. The summed E-state index contributed by atoms with van der Waals surface area (Å²) in [6.07, 6.45) is -0.219. The summed E-state index contributed by atoms with van der Waals surface area (Å²) in [6.45, 7) is 4.65. The van der Waals surface area contributed by atoms with E-state index in [1.807, 2.05) is 19.9 Å². The highest BCUT2D eigenvalue weighted by atomic mass is 32.2. The number of hydrogen-bond donors (Lipinski definition) is 1. The van der Waals surface area contributed by atoms with E-state index in [1.54, 1.807) is 4.90 Å². The van der Waals surface area contributed by atoms with Crippen LogP contribution in [-0.2, 0) is 19.6 Å². The molecule has 1 unspecified atom stereocenters. The highest BCUT2D eigenvalue weighted by molar-refractivity contribution is 7.89. The fourth-order valence-electron chi connectivity index (χ4n) is 3.11. The highest BCUT2D eigenvalue weighted by Crippen LogP contribution is 2.19. The van der Waals surface area contributed by atoms with Crippen molar-refractivity contribution in [3.8, 4) is 6.07 Å². The zero-order valence-corrected chi connectivity index (χ0v) is 17.6. The molecule has 1 aliphatic rings. The quantitative estimate of drug-likeness (QED) is 0.735. The first kappa shape index (κ1) is 22.6. The Hall–Kier alpha value is -2.64. The number of benzene rings is 1. The van der Waals surface area contributed by atoms with Crippen LogP contribution >= 0.6 is 0 Å². The monoisotopic (exact) mass is 422 g/mol. The van der Waals surface area contributed by atoms with Crippen LogP contribution in [-0.4, -0.2) is 69.0 Å². The van der Waals surface area contributed by atoms with Gasteiger partial charge in [0.2, 0.25) is 15.9 Å². The van der Waals surface area contributed by atoms with Gasteiger partial charge in [-0.1, -0.05) is 13.8 Å². The van der Waals surface area contributed by atoms with Crippen molar-refractivity contribution in [2.24, 2.45) is 5.92 Å². The van der Waals surface area contributed by atoms with Crippen LogP contribution in [0, 0.1) is 17.2 Å². The molecule has 0 bridgehead atoms. The van der Waals surface area contributed by atoms with Gasteiger partial charge in [-0.15, -0.1) is 0 Å². The van der Waals surface area contributed by atoms with Crippen LogP contribution in [0.4, 0.5) is 4.79 Å². The van der Waals surface area contributed by atoms with Crippen LogP contribution in [0.25, 0.3) is 0 Å². The van der Waals surface area contributed by atoms with Gasteiger partial charge in [-0.3, -0.25) is 4.79 Å². The van der Waals surface area contributed by atoms with Crippen LogP contribution in [0.15, 0.2) is 29.2 Å². The van der Waals surface area contributed by atoms with Gasteiger partial charge in [0.1, 0.15) is 6.04 Å². The molecule has 2 rings (SSSR count). The number of nitrogens with one attached hydrogen (secondary N) is 1. The number of amides is 2. The molecule has 1 N–H and O–H groups in total. The van der Waals surface area contributed by atoms with E-state index < -0.39 is 22.2 Å². The van der Waals surface area contributed by atoms with Gasteiger partial charge < -0.3 is 15.0 Å². The molecular formula is C19H26N4O5S. The lowest BCUT2D eigenvalue weighted by molar-refractivity contribution is -0.135. The molecule has 0 spiro atoms. The van der Waals surface area contributed by atoms with Crippen molar-refractivity contribution >= 4 is 22.0 Å². The minimum Gasteiger partial charge on any atom is -0.453 e. The van der Waals surface area contributed by atoms with Crippen LogP contribution in [0.3, 0.4) is 0 Å². The third kappa shape index (κ3) is 5.68. The fraction of sp³-hybridized carbons (Fsp3) is 0.526. The summed E-state index contributed by atoms with van der Waals surface area (Å²) >= 11 is 0. The summed E-state index contributed by atoms with van der Waals surface area (Å²) in [6, 6.07) is 6.97. The van der Waals surface area contributed by atoms with Crippen LogP contribution in [0.5, 0.6) is 0 Å². The van der Waals surface area contributed by atoms with Crippen molar-refractivity contribution in [2.45, 2.75) is 31.2 Å². The van der Waals surface area contributed by atoms with Crippen molar-refractivity contribution < 1.29 is 22.7 Å². The molecule has 1 saturated heterocycles. The largest absolute Gasteiger partial charge is 0.453 e. The second-order valence-electron chi connectivity index (χ2n) is 7.18. The summed E-state index contributed by atoms with van der Waals surface area (Å²) < 4.78 is 31.5. The van der Waals surface area contributed by atoms with E-state index in [-0.39, 0.29) is 42.9 Å². The molecule has 0 aliphatic carbocycles. The lowest BCUT2D eigenvalue weighted by atomic mass is 10.0. The smallest absolute Gasteiger partial charge is 0.407 e. The maximum atomic E-state index is 12.8. The summed E-state index contributed by atoms with van der Waals surface area (Å²) in [4.78, 5) is 26.1. The topological polar surface area (TPSA) is 120 Å². The Morgan fingerprint density at radius 3 is 2.24 bits per heavy atom. The third-order valence-electron chi connectivity index (χ3n) is 4.65. The van der Waals surface area contributed by atoms with Gasteiger partial charge in [0.25, 0.3) is 0 Å². The first-order valence-corrected chi connectivity index (χ1v) is 10.8. The molecule has 9 nitrogen and oxygen atoms in total. The second-order valence-corrected chi connectivity index (χ2v) is 9.12. The first-order chi connectivity index (χ1) is 13.7.